The number of aryl methyl sites for hydroxylation is 1. The van der Waals surface area contributed by atoms with Crippen molar-refractivity contribution in [3.63, 3.8) is 0 Å². The van der Waals surface area contributed by atoms with Gasteiger partial charge in [0.1, 0.15) is 18.1 Å². The Morgan fingerprint density at radius 2 is 2.00 bits per heavy atom. The lowest BCUT2D eigenvalue weighted by molar-refractivity contribution is 0.0878. The molecule has 0 fully saturated rings. The monoisotopic (exact) mass is 348 g/mol. The summed E-state index contributed by atoms with van der Waals surface area (Å²) in [6, 6.07) is 5.15. The number of halogens is 1. The number of nitrogens with zero attached hydrogens (tertiary/aromatic N) is 4. The maximum Gasteiger partial charge on any atom is 0.262 e. The molecule has 2 heterocycles. The summed E-state index contributed by atoms with van der Waals surface area (Å²) < 4.78 is 22.3. The summed E-state index contributed by atoms with van der Waals surface area (Å²) in [6.45, 7) is 7.53. The molecule has 0 amide bonds. The molecule has 0 aliphatic carbocycles. The van der Waals surface area contributed by atoms with E-state index in [0.717, 1.165) is 6.04 Å². The van der Waals surface area contributed by atoms with E-state index in [9.17, 15) is 9.18 Å². The number of benzene rings is 1. The van der Waals surface area contributed by atoms with Crippen molar-refractivity contribution in [3.05, 3.63) is 34.4 Å². The zero-order chi connectivity index (χ0) is 17.5. The molecule has 0 aliphatic heterocycles. The second kappa shape index (κ2) is 6.10. The predicted molar refractivity (Wildman–Crippen MR) is 94.3 cm³/mol. The van der Waals surface area contributed by atoms with Gasteiger partial charge in [0.25, 0.3) is 5.56 Å². The number of hydrogen-bond donors (Lipinski definition) is 0. The summed E-state index contributed by atoms with van der Waals surface area (Å²) >= 11 is 0. The molecule has 8 heteroatoms. The Kier molecular flexibility index (Phi) is 4.27. The van der Waals surface area contributed by atoms with Gasteiger partial charge in [0.05, 0.1) is 0 Å². The molecule has 0 spiro atoms. The molecule has 24 heavy (non-hydrogen) atoms. The van der Waals surface area contributed by atoms with Gasteiger partial charge in [-0.2, -0.15) is 0 Å². The Morgan fingerprint density at radius 3 is 2.71 bits per heavy atom. The van der Waals surface area contributed by atoms with Crippen molar-refractivity contribution in [1.29, 1.82) is 0 Å². The number of fused-ring (bicyclic) bond motifs is 3. The SMILES string of the molecule is Cn1nnc2c1c1cc(F)ccc1c(=O)n2COCC[Si](C)(C)C. The molecule has 0 atom stereocenters. The van der Waals surface area contributed by atoms with E-state index < -0.39 is 13.9 Å². The van der Waals surface area contributed by atoms with E-state index in [1.54, 1.807) is 11.7 Å². The minimum Gasteiger partial charge on any atom is -0.361 e. The van der Waals surface area contributed by atoms with Crippen LogP contribution < -0.4 is 5.56 Å². The lowest BCUT2D eigenvalue weighted by atomic mass is 10.1. The van der Waals surface area contributed by atoms with Crippen molar-refractivity contribution in [1.82, 2.24) is 19.6 Å². The summed E-state index contributed by atoms with van der Waals surface area (Å²) in [4.78, 5) is 12.7. The molecular weight excluding hydrogens is 327 g/mol. The average molecular weight is 348 g/mol. The smallest absolute Gasteiger partial charge is 0.262 e. The molecular formula is C16H21FN4O2Si. The number of aromatic nitrogens is 4. The van der Waals surface area contributed by atoms with Gasteiger partial charge in [0, 0.05) is 32.5 Å². The van der Waals surface area contributed by atoms with Gasteiger partial charge in [-0.15, -0.1) is 5.10 Å². The van der Waals surface area contributed by atoms with Crippen molar-refractivity contribution in [2.45, 2.75) is 32.4 Å². The summed E-state index contributed by atoms with van der Waals surface area (Å²) in [5, 5.41) is 9.00. The molecule has 0 saturated carbocycles. The van der Waals surface area contributed by atoms with Crippen molar-refractivity contribution >= 4 is 30.0 Å². The molecule has 6 nitrogen and oxygen atoms in total. The zero-order valence-corrected chi connectivity index (χ0v) is 15.3. The molecule has 3 aromatic rings. The van der Waals surface area contributed by atoms with E-state index in [4.69, 9.17) is 4.74 Å². The molecule has 2 aromatic heterocycles. The van der Waals surface area contributed by atoms with Crippen LogP contribution in [0.15, 0.2) is 23.0 Å². The van der Waals surface area contributed by atoms with Gasteiger partial charge in [-0.1, -0.05) is 24.9 Å². The van der Waals surface area contributed by atoms with Gasteiger partial charge in [-0.25, -0.2) is 9.07 Å². The van der Waals surface area contributed by atoms with Crippen LogP contribution in [-0.2, 0) is 18.5 Å². The van der Waals surface area contributed by atoms with Crippen molar-refractivity contribution in [2.24, 2.45) is 7.05 Å². The van der Waals surface area contributed by atoms with Crippen LogP contribution in [0.2, 0.25) is 25.7 Å². The van der Waals surface area contributed by atoms with Gasteiger partial charge in [0.15, 0.2) is 5.65 Å². The third-order valence-corrected chi connectivity index (χ3v) is 5.70. The Hall–Kier alpha value is -2.06. The Morgan fingerprint density at radius 1 is 1.25 bits per heavy atom. The zero-order valence-electron chi connectivity index (χ0n) is 14.3. The van der Waals surface area contributed by atoms with Crippen molar-refractivity contribution < 1.29 is 9.13 Å². The first-order valence-electron chi connectivity index (χ1n) is 7.87. The Labute approximate surface area is 139 Å². The largest absolute Gasteiger partial charge is 0.361 e. The van der Waals surface area contributed by atoms with E-state index in [0.29, 0.717) is 28.5 Å². The lowest BCUT2D eigenvalue weighted by Crippen LogP contribution is -2.25. The number of pyridine rings is 1. The fourth-order valence-corrected chi connectivity index (χ4v) is 3.37. The van der Waals surface area contributed by atoms with E-state index in [2.05, 4.69) is 30.0 Å². The summed E-state index contributed by atoms with van der Waals surface area (Å²) in [5.41, 5.74) is 0.789. The van der Waals surface area contributed by atoms with E-state index in [-0.39, 0.29) is 12.3 Å². The molecule has 0 unspecified atom stereocenters. The van der Waals surface area contributed by atoms with E-state index in [1.165, 1.54) is 22.8 Å². The fourth-order valence-electron chi connectivity index (χ4n) is 2.62. The standard InChI is InChI=1S/C16H21FN4O2Si/c1-20-14-13-9-11(17)5-6-12(13)16(22)21(15(14)18-19-20)10-23-7-8-24(2,3)4/h5-6,9H,7-8,10H2,1-4H3. The number of rotatable bonds is 5. The first-order chi connectivity index (χ1) is 11.3. The molecule has 0 saturated heterocycles. The quantitative estimate of drug-likeness (QED) is 0.525. The highest BCUT2D eigenvalue weighted by Gasteiger charge is 2.17. The molecule has 3 rings (SSSR count). The number of hydrogen-bond acceptors (Lipinski definition) is 4. The molecule has 0 bridgehead atoms. The van der Waals surface area contributed by atoms with E-state index >= 15 is 0 Å². The second-order valence-corrected chi connectivity index (χ2v) is 12.8. The van der Waals surface area contributed by atoms with Crippen LogP contribution in [-0.4, -0.2) is 34.2 Å². The highest BCUT2D eigenvalue weighted by Crippen LogP contribution is 2.21. The first kappa shape index (κ1) is 16.8. The second-order valence-electron chi connectivity index (χ2n) is 7.16. The van der Waals surface area contributed by atoms with Crippen LogP contribution in [0.3, 0.4) is 0 Å². The fraction of sp³-hybridized carbons (Fsp3) is 0.438. The van der Waals surface area contributed by atoms with Crippen molar-refractivity contribution in [3.8, 4) is 0 Å². The predicted octanol–water partition coefficient (Wildman–Crippen LogP) is 2.73. The molecule has 1 aromatic carbocycles. The minimum absolute atomic E-state index is 0.117. The average Bonchev–Trinajstić information content (AvgIpc) is 2.87. The van der Waals surface area contributed by atoms with Gasteiger partial charge in [0.2, 0.25) is 0 Å². The summed E-state index contributed by atoms with van der Waals surface area (Å²) in [5.74, 6) is -0.395. The van der Waals surface area contributed by atoms with Crippen LogP contribution >= 0.6 is 0 Å². The highest BCUT2D eigenvalue weighted by atomic mass is 28.3. The molecule has 0 N–H and O–H groups in total. The molecule has 128 valence electrons. The van der Waals surface area contributed by atoms with Gasteiger partial charge < -0.3 is 4.74 Å². The van der Waals surface area contributed by atoms with Gasteiger partial charge >= 0.3 is 0 Å². The number of ether oxygens (including phenoxy) is 1. The van der Waals surface area contributed by atoms with Crippen LogP contribution in [0.1, 0.15) is 0 Å². The van der Waals surface area contributed by atoms with Crippen molar-refractivity contribution in [2.75, 3.05) is 6.61 Å². The Bertz CT molecular complexity index is 958. The lowest BCUT2D eigenvalue weighted by Gasteiger charge is -2.16. The van der Waals surface area contributed by atoms with Gasteiger partial charge in [-0.05, 0) is 24.2 Å². The van der Waals surface area contributed by atoms with Crippen LogP contribution in [0.4, 0.5) is 4.39 Å². The molecule has 0 aliphatic rings. The Balaban J connectivity index is 2.05. The highest BCUT2D eigenvalue weighted by molar-refractivity contribution is 6.76. The topological polar surface area (TPSA) is 61.9 Å². The summed E-state index contributed by atoms with van der Waals surface area (Å²) in [7, 11) is 0.528. The third-order valence-electron chi connectivity index (χ3n) is 3.99. The van der Waals surface area contributed by atoms with E-state index in [1.807, 2.05) is 0 Å². The minimum atomic E-state index is -1.19. The normalized spacial score (nSPS) is 12.4. The molecule has 0 radical (unpaired) electrons. The third kappa shape index (κ3) is 3.11. The van der Waals surface area contributed by atoms with Crippen LogP contribution in [0, 0.1) is 5.82 Å². The first-order valence-corrected chi connectivity index (χ1v) is 11.6. The van der Waals surface area contributed by atoms with Crippen LogP contribution in [0.5, 0.6) is 0 Å². The maximum atomic E-state index is 13.6. The van der Waals surface area contributed by atoms with Gasteiger partial charge in [-0.3, -0.25) is 9.36 Å². The van der Waals surface area contributed by atoms with Crippen LogP contribution in [0.25, 0.3) is 21.9 Å². The maximum absolute atomic E-state index is 13.6. The summed E-state index contributed by atoms with van der Waals surface area (Å²) in [6.07, 6.45) is 0.